The molecule has 8 heteroatoms. The molecule has 5 nitrogen and oxygen atoms in total. The number of nitrogens with zero attached hydrogens (tertiary/aromatic N) is 2. The van der Waals surface area contributed by atoms with Gasteiger partial charge in [0.1, 0.15) is 6.54 Å². The van der Waals surface area contributed by atoms with Crippen molar-refractivity contribution in [3.8, 4) is 0 Å². The van der Waals surface area contributed by atoms with Crippen molar-refractivity contribution in [1.29, 1.82) is 0 Å². The number of hydrogen-bond donors (Lipinski definition) is 1. The van der Waals surface area contributed by atoms with Gasteiger partial charge in [0.25, 0.3) is 0 Å². The molecule has 0 bridgehead atoms. The number of carbonyl (C=O) groups excluding carboxylic acids is 2. The molecule has 1 aliphatic heterocycles. The summed E-state index contributed by atoms with van der Waals surface area (Å²) in [5.41, 5.74) is 0.840. The van der Waals surface area contributed by atoms with Crippen molar-refractivity contribution in [2.45, 2.75) is 19.8 Å². The van der Waals surface area contributed by atoms with Gasteiger partial charge >= 0.3 is 0 Å². The fraction of sp³-hybridized carbons (Fsp3) is 0.267. The summed E-state index contributed by atoms with van der Waals surface area (Å²) in [6.07, 6.45) is 0.778. The summed E-state index contributed by atoms with van der Waals surface area (Å²) in [5.74, 6) is -2.99. The molecule has 0 fully saturated rings. The number of nitrogens with one attached hydrogen (secondary N) is 1. The molecule has 1 N–H and O–H groups in total. The van der Waals surface area contributed by atoms with E-state index in [1.54, 1.807) is 5.38 Å². The van der Waals surface area contributed by atoms with Gasteiger partial charge in [0.15, 0.2) is 11.6 Å². The van der Waals surface area contributed by atoms with Gasteiger partial charge in [0.2, 0.25) is 11.8 Å². The predicted octanol–water partition coefficient (Wildman–Crippen LogP) is 2.51. The monoisotopic (exact) mass is 337 g/mol. The number of carbonyl (C=O) groups is 2. The number of rotatable bonds is 3. The molecule has 0 radical (unpaired) electrons. The first-order valence-electron chi connectivity index (χ1n) is 7.00. The molecule has 1 aromatic heterocycles. The Labute approximate surface area is 134 Å². The third-order valence-corrected chi connectivity index (χ3v) is 4.48. The lowest BCUT2D eigenvalue weighted by Crippen LogP contribution is -2.43. The van der Waals surface area contributed by atoms with Gasteiger partial charge in [-0.2, -0.15) is 0 Å². The molecular formula is C15H13F2N3O2S. The molecule has 0 spiro atoms. The van der Waals surface area contributed by atoms with Crippen LogP contribution in [0.3, 0.4) is 0 Å². The lowest BCUT2D eigenvalue weighted by molar-refractivity contribution is -0.121. The number of thiazole rings is 1. The van der Waals surface area contributed by atoms with E-state index in [1.165, 1.54) is 11.3 Å². The van der Waals surface area contributed by atoms with Crippen LogP contribution in [0.4, 0.5) is 20.2 Å². The van der Waals surface area contributed by atoms with Crippen molar-refractivity contribution in [1.82, 2.24) is 4.98 Å². The molecule has 0 unspecified atom stereocenters. The van der Waals surface area contributed by atoms with Crippen molar-refractivity contribution in [2.24, 2.45) is 0 Å². The Hall–Kier alpha value is -2.35. The summed E-state index contributed by atoms with van der Waals surface area (Å²) >= 11 is 1.46. The second-order valence-electron chi connectivity index (χ2n) is 5.07. The standard InChI is InChI=1S/C15H13F2N3O2S/c1-2-14-18-8(7-23-14)3-15(22)20-6-13(21)19-11-4-9(16)10(17)5-12(11)20/h4-5,7H,2-3,6H2,1H3,(H,19,21). The van der Waals surface area contributed by atoms with E-state index in [-0.39, 0.29) is 30.2 Å². The van der Waals surface area contributed by atoms with Crippen LogP contribution in [0.25, 0.3) is 0 Å². The molecule has 1 aromatic carbocycles. The van der Waals surface area contributed by atoms with E-state index < -0.39 is 17.5 Å². The summed E-state index contributed by atoms with van der Waals surface area (Å²) in [6, 6.07) is 1.79. The minimum absolute atomic E-state index is 0.00220. The molecule has 2 amide bonds. The van der Waals surface area contributed by atoms with Gasteiger partial charge in [0.05, 0.1) is 28.5 Å². The third kappa shape index (κ3) is 3.07. The fourth-order valence-corrected chi connectivity index (χ4v) is 3.09. The van der Waals surface area contributed by atoms with Crippen LogP contribution >= 0.6 is 11.3 Å². The number of fused-ring (bicyclic) bond motifs is 1. The average Bonchev–Trinajstić information content (AvgIpc) is 2.95. The van der Waals surface area contributed by atoms with Crippen LogP contribution in [0.15, 0.2) is 17.5 Å². The number of hydrogen-bond acceptors (Lipinski definition) is 4. The molecule has 120 valence electrons. The van der Waals surface area contributed by atoms with Crippen molar-refractivity contribution in [2.75, 3.05) is 16.8 Å². The zero-order valence-corrected chi connectivity index (χ0v) is 13.0. The molecule has 0 saturated heterocycles. The van der Waals surface area contributed by atoms with Crippen LogP contribution in [0, 0.1) is 11.6 Å². The Morgan fingerprint density at radius 2 is 2.13 bits per heavy atom. The van der Waals surface area contributed by atoms with E-state index in [4.69, 9.17) is 0 Å². The van der Waals surface area contributed by atoms with Gasteiger partial charge in [-0.15, -0.1) is 11.3 Å². The Morgan fingerprint density at radius 1 is 1.39 bits per heavy atom. The predicted molar refractivity (Wildman–Crippen MR) is 82.5 cm³/mol. The van der Waals surface area contributed by atoms with Gasteiger partial charge in [-0.25, -0.2) is 13.8 Å². The molecule has 0 aliphatic carbocycles. The first kappa shape index (κ1) is 15.5. The first-order chi connectivity index (χ1) is 11.0. The molecular weight excluding hydrogens is 324 g/mol. The van der Waals surface area contributed by atoms with Crippen LogP contribution in [0.2, 0.25) is 0 Å². The van der Waals surface area contributed by atoms with Crippen LogP contribution in [0.1, 0.15) is 17.6 Å². The van der Waals surface area contributed by atoms with Gasteiger partial charge in [-0.1, -0.05) is 6.92 Å². The van der Waals surface area contributed by atoms with Crippen LogP contribution in [-0.2, 0) is 22.4 Å². The topological polar surface area (TPSA) is 62.3 Å². The number of halogens is 2. The Balaban J connectivity index is 1.89. The van der Waals surface area contributed by atoms with E-state index in [0.29, 0.717) is 5.69 Å². The Kier molecular flexibility index (Phi) is 4.08. The van der Waals surface area contributed by atoms with Gasteiger partial charge in [0, 0.05) is 17.5 Å². The van der Waals surface area contributed by atoms with E-state index in [1.807, 2.05) is 6.92 Å². The first-order valence-corrected chi connectivity index (χ1v) is 7.88. The number of anilines is 2. The van der Waals surface area contributed by atoms with Crippen LogP contribution in [-0.4, -0.2) is 23.3 Å². The third-order valence-electron chi connectivity index (χ3n) is 3.44. The van der Waals surface area contributed by atoms with E-state index in [2.05, 4.69) is 10.3 Å². The molecule has 0 atom stereocenters. The summed E-state index contributed by atoms with van der Waals surface area (Å²) < 4.78 is 26.8. The summed E-state index contributed by atoms with van der Waals surface area (Å²) in [7, 11) is 0. The van der Waals surface area contributed by atoms with E-state index >= 15 is 0 Å². The SMILES string of the molecule is CCc1nc(CC(=O)N2CC(=O)Nc3cc(F)c(F)cc32)cs1. The lowest BCUT2D eigenvalue weighted by Gasteiger charge is -2.29. The maximum Gasteiger partial charge on any atom is 0.244 e. The summed E-state index contributed by atoms with van der Waals surface area (Å²) in [4.78, 5) is 29.6. The highest BCUT2D eigenvalue weighted by Crippen LogP contribution is 2.32. The van der Waals surface area contributed by atoms with Crippen molar-refractivity contribution in [3.63, 3.8) is 0 Å². The summed E-state index contributed by atoms with van der Waals surface area (Å²) in [5, 5.41) is 5.14. The van der Waals surface area contributed by atoms with Crippen molar-refractivity contribution < 1.29 is 18.4 Å². The van der Waals surface area contributed by atoms with Crippen LogP contribution < -0.4 is 10.2 Å². The highest BCUT2D eigenvalue weighted by atomic mass is 32.1. The maximum atomic E-state index is 13.5. The van der Waals surface area contributed by atoms with Gasteiger partial charge < -0.3 is 10.2 Å². The Morgan fingerprint density at radius 3 is 2.83 bits per heavy atom. The second-order valence-corrected chi connectivity index (χ2v) is 6.02. The lowest BCUT2D eigenvalue weighted by atomic mass is 10.1. The fourth-order valence-electron chi connectivity index (χ4n) is 2.34. The molecule has 2 heterocycles. The quantitative estimate of drug-likeness (QED) is 0.936. The Bertz CT molecular complexity index is 791. The minimum atomic E-state index is -1.08. The van der Waals surface area contributed by atoms with Crippen molar-refractivity contribution in [3.05, 3.63) is 39.8 Å². The molecule has 23 heavy (non-hydrogen) atoms. The normalized spacial score (nSPS) is 13.7. The van der Waals surface area contributed by atoms with Gasteiger partial charge in [-0.3, -0.25) is 9.59 Å². The number of amides is 2. The smallest absolute Gasteiger partial charge is 0.244 e. The average molecular weight is 337 g/mol. The molecule has 1 aliphatic rings. The number of aryl methyl sites for hydroxylation is 1. The number of benzene rings is 1. The minimum Gasteiger partial charge on any atom is -0.323 e. The van der Waals surface area contributed by atoms with Gasteiger partial charge in [-0.05, 0) is 6.42 Å². The molecule has 0 saturated carbocycles. The maximum absolute atomic E-state index is 13.5. The second kappa shape index (κ2) is 6.04. The van der Waals surface area contributed by atoms with Crippen molar-refractivity contribution >= 4 is 34.5 Å². The molecule has 2 aromatic rings. The zero-order valence-electron chi connectivity index (χ0n) is 12.2. The number of aromatic nitrogens is 1. The largest absolute Gasteiger partial charge is 0.323 e. The van der Waals surface area contributed by atoms with E-state index in [9.17, 15) is 18.4 Å². The van der Waals surface area contributed by atoms with Crippen LogP contribution in [0.5, 0.6) is 0 Å². The molecule has 3 rings (SSSR count). The zero-order chi connectivity index (χ0) is 16.6. The highest BCUT2D eigenvalue weighted by molar-refractivity contribution is 7.09. The summed E-state index contributed by atoms with van der Waals surface area (Å²) in [6.45, 7) is 1.73. The highest BCUT2D eigenvalue weighted by Gasteiger charge is 2.28. The van der Waals surface area contributed by atoms with E-state index in [0.717, 1.165) is 28.5 Å².